The van der Waals surface area contributed by atoms with Gasteiger partial charge in [0.2, 0.25) is 0 Å². The van der Waals surface area contributed by atoms with E-state index < -0.39 is 4.90 Å². The lowest BCUT2D eigenvalue weighted by Crippen LogP contribution is -2.03. The molecular weight excluding hydrogens is 446 g/mol. The van der Waals surface area contributed by atoms with E-state index >= 15 is 0 Å². The number of hydrogen-bond acceptors (Lipinski definition) is 0. The minimum absolute atomic E-state index is 0.666. The summed E-state index contributed by atoms with van der Waals surface area (Å²) in [6.45, 7) is 6.97. The third-order valence-electron chi connectivity index (χ3n) is 5.74. The molecule has 0 aromatic carbocycles. The molecule has 0 saturated heterocycles. The topological polar surface area (TPSA) is 0 Å². The summed E-state index contributed by atoms with van der Waals surface area (Å²) in [5, 5.41) is 0. The maximum atomic E-state index is 2.99. The van der Waals surface area contributed by atoms with Crippen LogP contribution in [0.3, 0.4) is 0 Å². The summed E-state index contributed by atoms with van der Waals surface area (Å²) in [6.07, 6.45) is 31.1. The number of halogens is 1. The fraction of sp³-hybridized carbons (Fsp3) is 1.00. The highest BCUT2D eigenvalue weighted by Crippen LogP contribution is 2.68. The molecule has 0 unspecified atom stereocenters. The molecule has 0 spiro atoms. The molecule has 0 aliphatic carbocycles. The van der Waals surface area contributed by atoms with Crippen LogP contribution in [0, 0.1) is 0 Å². The van der Waals surface area contributed by atoms with E-state index in [1.807, 2.05) is 0 Å². The van der Waals surface area contributed by atoms with Crippen molar-refractivity contribution in [2.45, 2.75) is 136 Å². The molecule has 0 nitrogen and oxygen atoms in total. The summed E-state index contributed by atoms with van der Waals surface area (Å²) in [5.74, 6) is 0. The summed E-state index contributed by atoms with van der Waals surface area (Å²) >= 11 is 2.99. The standard InChI is InChI=1S/C24H51IP/c1-4-7-10-13-16-19-22-26(25,23-20-17-14-11-8-5-2)24-21-18-15-12-9-6-3/h4-24H2,1-3H3/q+1. The largest absolute Gasteiger partial charge is 0.154 e. The van der Waals surface area contributed by atoms with Gasteiger partial charge in [-0.25, -0.2) is 0 Å². The molecule has 0 fully saturated rings. The van der Waals surface area contributed by atoms with Crippen molar-refractivity contribution in [3.8, 4) is 0 Å². The van der Waals surface area contributed by atoms with Crippen LogP contribution >= 0.6 is 26.9 Å². The fourth-order valence-electron chi connectivity index (χ4n) is 3.86. The van der Waals surface area contributed by atoms with Gasteiger partial charge in [0.1, 0.15) is 0 Å². The molecule has 0 atom stereocenters. The lowest BCUT2D eigenvalue weighted by Gasteiger charge is -2.21. The SMILES string of the molecule is CCCCCCCC[P+](I)(CCCCCCCC)CCCCCCCC. The van der Waals surface area contributed by atoms with E-state index in [1.165, 1.54) is 116 Å². The van der Waals surface area contributed by atoms with Crippen molar-refractivity contribution in [1.29, 1.82) is 0 Å². The Bertz CT molecular complexity index is 226. The van der Waals surface area contributed by atoms with Gasteiger partial charge in [0, 0.05) is 0 Å². The Morgan fingerprint density at radius 2 is 0.615 bits per heavy atom. The molecule has 26 heavy (non-hydrogen) atoms. The van der Waals surface area contributed by atoms with Crippen molar-refractivity contribution in [3.05, 3.63) is 0 Å². The summed E-state index contributed by atoms with van der Waals surface area (Å²) in [7, 11) is 0. The summed E-state index contributed by atoms with van der Waals surface area (Å²) < 4.78 is 0. The molecule has 2 heteroatoms. The van der Waals surface area contributed by atoms with E-state index in [1.54, 1.807) is 18.5 Å². The lowest BCUT2D eigenvalue weighted by atomic mass is 10.1. The molecule has 0 saturated carbocycles. The van der Waals surface area contributed by atoms with Gasteiger partial charge in [0.15, 0.2) is 22.0 Å². The summed E-state index contributed by atoms with van der Waals surface area (Å²) in [6, 6.07) is 0. The maximum Gasteiger partial charge on any atom is 0.154 e. The van der Waals surface area contributed by atoms with Gasteiger partial charge in [0.05, 0.1) is 23.4 Å². The van der Waals surface area contributed by atoms with Gasteiger partial charge in [-0.2, -0.15) is 0 Å². The molecule has 0 N–H and O–H groups in total. The minimum atomic E-state index is -0.666. The average molecular weight is 498 g/mol. The van der Waals surface area contributed by atoms with Gasteiger partial charge < -0.3 is 0 Å². The van der Waals surface area contributed by atoms with Gasteiger partial charge in [-0.05, 0) is 38.5 Å². The Labute approximate surface area is 181 Å². The quantitative estimate of drug-likeness (QED) is 0.0840. The van der Waals surface area contributed by atoms with Crippen molar-refractivity contribution in [2.24, 2.45) is 0 Å². The molecule has 0 aromatic rings. The van der Waals surface area contributed by atoms with Gasteiger partial charge >= 0.3 is 0 Å². The van der Waals surface area contributed by atoms with Crippen LogP contribution in [0.1, 0.15) is 136 Å². The Morgan fingerprint density at radius 3 is 0.885 bits per heavy atom. The van der Waals surface area contributed by atoms with Crippen molar-refractivity contribution >= 4 is 26.9 Å². The van der Waals surface area contributed by atoms with Crippen LogP contribution in [0.4, 0.5) is 0 Å². The number of unbranched alkanes of at least 4 members (excludes halogenated alkanes) is 15. The number of rotatable bonds is 21. The second-order valence-corrected chi connectivity index (χ2v) is 18.0. The summed E-state index contributed by atoms with van der Waals surface area (Å²) in [4.78, 5) is -0.666. The van der Waals surface area contributed by atoms with Gasteiger partial charge in [-0.1, -0.05) is 97.8 Å². The Kier molecular flexibility index (Phi) is 21.8. The first-order valence-electron chi connectivity index (χ1n) is 12.2. The molecule has 0 aliphatic heterocycles. The van der Waals surface area contributed by atoms with Crippen LogP contribution in [-0.4, -0.2) is 18.5 Å². The Balaban J connectivity index is 4.02. The van der Waals surface area contributed by atoms with Crippen LogP contribution in [0.2, 0.25) is 0 Å². The average Bonchev–Trinajstić information content (AvgIpc) is 2.64. The monoisotopic (exact) mass is 497 g/mol. The third-order valence-corrected chi connectivity index (χ3v) is 13.4. The Morgan fingerprint density at radius 1 is 0.385 bits per heavy atom. The highest BCUT2D eigenvalue weighted by atomic mass is 127. The zero-order chi connectivity index (χ0) is 19.3. The van der Waals surface area contributed by atoms with Crippen LogP contribution in [-0.2, 0) is 0 Å². The second kappa shape index (κ2) is 20.9. The molecule has 0 rings (SSSR count). The molecule has 158 valence electrons. The first-order valence-corrected chi connectivity index (χ1v) is 17.4. The fourth-order valence-corrected chi connectivity index (χ4v) is 9.97. The Hall–Kier alpha value is 1.16. The van der Waals surface area contributed by atoms with Crippen LogP contribution in [0.5, 0.6) is 0 Å². The zero-order valence-electron chi connectivity index (χ0n) is 18.7. The van der Waals surface area contributed by atoms with Gasteiger partial charge in [-0.15, -0.1) is 0 Å². The highest BCUT2D eigenvalue weighted by molar-refractivity contribution is 14.2. The molecule has 0 amide bonds. The van der Waals surface area contributed by atoms with E-state index in [4.69, 9.17) is 0 Å². The zero-order valence-corrected chi connectivity index (χ0v) is 21.7. The molecular formula is C24H51IP+. The predicted octanol–water partition coefficient (Wildman–Crippen LogP) is 10.4. The van der Waals surface area contributed by atoms with Gasteiger partial charge in [-0.3, -0.25) is 0 Å². The number of hydrogen-bond donors (Lipinski definition) is 0. The van der Waals surface area contributed by atoms with E-state index in [-0.39, 0.29) is 0 Å². The second-order valence-electron chi connectivity index (χ2n) is 8.50. The van der Waals surface area contributed by atoms with E-state index in [0.717, 1.165) is 0 Å². The van der Waals surface area contributed by atoms with E-state index in [2.05, 4.69) is 42.8 Å². The van der Waals surface area contributed by atoms with Crippen molar-refractivity contribution in [1.82, 2.24) is 0 Å². The molecule has 0 heterocycles. The molecule has 0 bridgehead atoms. The van der Waals surface area contributed by atoms with Crippen LogP contribution in [0.15, 0.2) is 0 Å². The van der Waals surface area contributed by atoms with Crippen LogP contribution < -0.4 is 0 Å². The van der Waals surface area contributed by atoms with E-state index in [0.29, 0.717) is 0 Å². The molecule has 0 aromatic heterocycles. The van der Waals surface area contributed by atoms with Crippen molar-refractivity contribution in [2.75, 3.05) is 18.5 Å². The smallest absolute Gasteiger partial charge is 0.0654 e. The molecule has 0 radical (unpaired) electrons. The normalized spacial score (nSPS) is 12.0. The minimum Gasteiger partial charge on any atom is -0.0654 e. The highest BCUT2D eigenvalue weighted by Gasteiger charge is 2.32. The predicted molar refractivity (Wildman–Crippen MR) is 136 cm³/mol. The maximum absolute atomic E-state index is 2.99. The van der Waals surface area contributed by atoms with E-state index in [9.17, 15) is 0 Å². The first-order chi connectivity index (χ1) is 12.7. The van der Waals surface area contributed by atoms with Gasteiger partial charge in [0.25, 0.3) is 0 Å². The third kappa shape index (κ3) is 18.5. The first kappa shape index (κ1) is 27.2. The summed E-state index contributed by atoms with van der Waals surface area (Å²) in [5.41, 5.74) is 0. The van der Waals surface area contributed by atoms with Crippen molar-refractivity contribution in [3.63, 3.8) is 0 Å². The lowest BCUT2D eigenvalue weighted by molar-refractivity contribution is 0.617. The molecule has 0 aliphatic rings. The van der Waals surface area contributed by atoms with Crippen LogP contribution in [0.25, 0.3) is 0 Å². The van der Waals surface area contributed by atoms with Crippen molar-refractivity contribution < 1.29 is 0 Å².